The molecule has 0 radical (unpaired) electrons. The monoisotopic (exact) mass is 515 g/mol. The van der Waals surface area contributed by atoms with E-state index < -0.39 is 5.82 Å². The van der Waals surface area contributed by atoms with Crippen molar-refractivity contribution in [3.63, 3.8) is 0 Å². The first-order chi connectivity index (χ1) is 15.4. The number of nitrogens with one attached hydrogen (secondary N) is 1. The van der Waals surface area contributed by atoms with E-state index in [0.717, 1.165) is 17.5 Å². The van der Waals surface area contributed by atoms with Crippen LogP contribution >= 0.6 is 46.4 Å². The Hall–Kier alpha value is -1.69. The molecule has 3 nitrogen and oxygen atoms in total. The first-order valence-electron chi connectivity index (χ1n) is 10.0. The number of rotatable bonds is 10. The molecule has 0 amide bonds. The molecule has 3 aromatic carbocycles. The van der Waals surface area contributed by atoms with E-state index in [0.29, 0.717) is 51.3 Å². The van der Waals surface area contributed by atoms with E-state index in [1.807, 2.05) is 25.1 Å². The summed E-state index contributed by atoms with van der Waals surface area (Å²) in [6, 6.07) is 13.5. The van der Waals surface area contributed by atoms with Gasteiger partial charge >= 0.3 is 0 Å². The molecule has 0 saturated carbocycles. The second kappa shape index (κ2) is 12.0. The third kappa shape index (κ3) is 6.66. The standard InChI is InChI=1S/C24H22Cl4FNO2/c1-2-31-23-10-16(13-30-9-8-15-6-7-17(25)11-20(15)27)21(28)12-24(23)32-14-18-19(26)4-3-5-22(18)29/h3-7,10-12,30H,2,8-9,13-14H2,1H3. The Balaban J connectivity index is 1.65. The Morgan fingerprint density at radius 2 is 1.59 bits per heavy atom. The molecule has 170 valence electrons. The molecule has 0 atom stereocenters. The van der Waals surface area contributed by atoms with Gasteiger partial charge in [0.25, 0.3) is 0 Å². The van der Waals surface area contributed by atoms with Crippen molar-refractivity contribution in [2.75, 3.05) is 13.2 Å². The summed E-state index contributed by atoms with van der Waals surface area (Å²) in [5.74, 6) is 0.526. The van der Waals surface area contributed by atoms with Crippen molar-refractivity contribution in [1.82, 2.24) is 5.32 Å². The van der Waals surface area contributed by atoms with Crippen LogP contribution in [0.15, 0.2) is 48.5 Å². The van der Waals surface area contributed by atoms with Crippen molar-refractivity contribution < 1.29 is 13.9 Å². The molecule has 3 rings (SSSR count). The minimum atomic E-state index is -0.428. The van der Waals surface area contributed by atoms with Gasteiger partial charge in [0.15, 0.2) is 11.5 Å². The molecule has 0 spiro atoms. The summed E-state index contributed by atoms with van der Waals surface area (Å²) in [4.78, 5) is 0. The fourth-order valence-corrected chi connectivity index (χ4v) is 4.03. The van der Waals surface area contributed by atoms with Crippen LogP contribution in [0.2, 0.25) is 20.1 Å². The molecule has 0 aromatic heterocycles. The summed E-state index contributed by atoms with van der Waals surface area (Å²) in [7, 11) is 0. The van der Waals surface area contributed by atoms with E-state index in [1.165, 1.54) is 6.07 Å². The molecular formula is C24H22Cl4FNO2. The zero-order valence-corrected chi connectivity index (χ0v) is 20.4. The first-order valence-corrected chi connectivity index (χ1v) is 11.6. The van der Waals surface area contributed by atoms with Gasteiger partial charge in [-0.25, -0.2) is 4.39 Å². The van der Waals surface area contributed by atoms with E-state index in [1.54, 1.807) is 24.3 Å². The number of hydrogen-bond donors (Lipinski definition) is 1. The second-order valence-electron chi connectivity index (χ2n) is 6.97. The molecule has 0 bridgehead atoms. The van der Waals surface area contributed by atoms with Gasteiger partial charge in [-0.15, -0.1) is 0 Å². The average molecular weight is 517 g/mol. The first kappa shape index (κ1) is 24.9. The number of hydrogen-bond acceptors (Lipinski definition) is 3. The third-order valence-corrected chi connectivity index (χ3v) is 6.04. The third-order valence-electron chi connectivity index (χ3n) is 4.75. The second-order valence-corrected chi connectivity index (χ2v) is 8.63. The average Bonchev–Trinajstić information content (AvgIpc) is 2.74. The number of ether oxygens (including phenoxy) is 2. The highest BCUT2D eigenvalue weighted by Gasteiger charge is 2.14. The Kier molecular flexibility index (Phi) is 9.33. The minimum absolute atomic E-state index is 0.0403. The van der Waals surface area contributed by atoms with E-state index >= 15 is 0 Å². The normalized spacial score (nSPS) is 10.9. The lowest BCUT2D eigenvalue weighted by molar-refractivity contribution is 0.265. The van der Waals surface area contributed by atoms with Crippen molar-refractivity contribution in [2.24, 2.45) is 0 Å². The van der Waals surface area contributed by atoms with Crippen LogP contribution in [0.4, 0.5) is 4.39 Å². The van der Waals surface area contributed by atoms with Crippen molar-refractivity contribution in [1.29, 1.82) is 0 Å². The summed E-state index contributed by atoms with van der Waals surface area (Å²) < 4.78 is 25.6. The van der Waals surface area contributed by atoms with Crippen LogP contribution in [-0.4, -0.2) is 13.2 Å². The SMILES string of the molecule is CCOc1cc(CNCCc2ccc(Cl)cc2Cl)c(Cl)cc1OCc1c(F)cccc1Cl. The molecule has 0 unspecified atom stereocenters. The molecule has 0 aliphatic heterocycles. The quantitative estimate of drug-likeness (QED) is 0.279. The predicted molar refractivity (Wildman–Crippen MR) is 130 cm³/mol. The zero-order valence-electron chi connectivity index (χ0n) is 17.4. The van der Waals surface area contributed by atoms with Gasteiger partial charge in [0.2, 0.25) is 0 Å². The lowest BCUT2D eigenvalue weighted by atomic mass is 10.1. The van der Waals surface area contributed by atoms with Gasteiger partial charge in [0.05, 0.1) is 11.6 Å². The summed E-state index contributed by atoms with van der Waals surface area (Å²) in [6.07, 6.45) is 0.747. The Morgan fingerprint density at radius 1 is 0.844 bits per heavy atom. The lowest BCUT2D eigenvalue weighted by Crippen LogP contribution is -2.17. The van der Waals surface area contributed by atoms with Crippen molar-refractivity contribution in [3.05, 3.63) is 91.1 Å². The largest absolute Gasteiger partial charge is 0.490 e. The summed E-state index contributed by atoms with van der Waals surface area (Å²) in [5, 5.41) is 5.43. The predicted octanol–water partition coefficient (Wildman–Crippen LogP) is 7.75. The molecule has 0 heterocycles. The summed E-state index contributed by atoms with van der Waals surface area (Å²) in [6.45, 7) is 3.51. The van der Waals surface area contributed by atoms with Crippen molar-refractivity contribution in [2.45, 2.75) is 26.5 Å². The molecule has 1 N–H and O–H groups in total. The summed E-state index contributed by atoms with van der Waals surface area (Å²) in [5.41, 5.74) is 2.15. The van der Waals surface area contributed by atoms with E-state index in [2.05, 4.69) is 5.32 Å². The van der Waals surface area contributed by atoms with Crippen LogP contribution in [0, 0.1) is 5.82 Å². The lowest BCUT2D eigenvalue weighted by Gasteiger charge is -2.16. The fraction of sp³-hybridized carbons (Fsp3) is 0.250. The molecule has 0 saturated heterocycles. The highest BCUT2D eigenvalue weighted by molar-refractivity contribution is 6.35. The van der Waals surface area contributed by atoms with Gasteiger partial charge < -0.3 is 14.8 Å². The maximum absolute atomic E-state index is 14.0. The van der Waals surface area contributed by atoms with E-state index in [4.69, 9.17) is 55.9 Å². The molecule has 3 aromatic rings. The Labute approximate surface area is 207 Å². The molecule has 8 heteroatoms. The van der Waals surface area contributed by atoms with Crippen LogP contribution in [0.5, 0.6) is 11.5 Å². The Bertz CT molecular complexity index is 1060. The molecule has 0 fully saturated rings. The zero-order chi connectivity index (χ0) is 23.1. The van der Waals surface area contributed by atoms with Crippen LogP contribution in [0.1, 0.15) is 23.6 Å². The molecule has 0 aliphatic rings. The minimum Gasteiger partial charge on any atom is -0.490 e. The smallest absolute Gasteiger partial charge is 0.163 e. The highest BCUT2D eigenvalue weighted by Crippen LogP contribution is 2.35. The van der Waals surface area contributed by atoms with Crippen LogP contribution in [0.25, 0.3) is 0 Å². The van der Waals surface area contributed by atoms with Crippen molar-refractivity contribution in [3.8, 4) is 11.5 Å². The van der Waals surface area contributed by atoms with Gasteiger partial charge in [-0.1, -0.05) is 58.5 Å². The van der Waals surface area contributed by atoms with E-state index in [9.17, 15) is 4.39 Å². The molecule has 32 heavy (non-hydrogen) atoms. The van der Waals surface area contributed by atoms with Crippen LogP contribution < -0.4 is 14.8 Å². The summed E-state index contributed by atoms with van der Waals surface area (Å²) >= 11 is 24.7. The van der Waals surface area contributed by atoms with Gasteiger partial charge in [0, 0.05) is 33.2 Å². The van der Waals surface area contributed by atoms with Gasteiger partial charge in [-0.3, -0.25) is 0 Å². The van der Waals surface area contributed by atoms with E-state index in [-0.39, 0.29) is 12.2 Å². The molecule has 0 aliphatic carbocycles. The van der Waals surface area contributed by atoms with Crippen LogP contribution in [0.3, 0.4) is 0 Å². The van der Waals surface area contributed by atoms with Gasteiger partial charge in [0.1, 0.15) is 12.4 Å². The van der Waals surface area contributed by atoms with Gasteiger partial charge in [-0.05, 0) is 61.3 Å². The number of halogens is 5. The van der Waals surface area contributed by atoms with Crippen molar-refractivity contribution >= 4 is 46.4 Å². The Morgan fingerprint density at radius 3 is 2.31 bits per heavy atom. The molecular weight excluding hydrogens is 495 g/mol. The fourth-order valence-electron chi connectivity index (χ4n) is 3.08. The maximum Gasteiger partial charge on any atom is 0.163 e. The topological polar surface area (TPSA) is 30.5 Å². The highest BCUT2D eigenvalue weighted by atomic mass is 35.5. The maximum atomic E-state index is 14.0. The van der Waals surface area contributed by atoms with Crippen LogP contribution in [-0.2, 0) is 19.6 Å². The number of benzene rings is 3. The van der Waals surface area contributed by atoms with Gasteiger partial charge in [-0.2, -0.15) is 0 Å².